The van der Waals surface area contributed by atoms with Crippen LogP contribution in [0.5, 0.6) is 0 Å². The lowest BCUT2D eigenvalue weighted by molar-refractivity contribution is -0.141. The number of rotatable bonds is 4. The van der Waals surface area contributed by atoms with Gasteiger partial charge in [-0.15, -0.1) is 13.2 Å². The number of nitrogens with two attached hydrogens (primary N) is 2. The Morgan fingerprint density at radius 3 is 2.52 bits per heavy atom. The van der Waals surface area contributed by atoms with E-state index in [9.17, 15) is 13.6 Å². The number of hydrogen-bond donors (Lipinski definition) is 4. The van der Waals surface area contributed by atoms with E-state index in [1.165, 1.54) is 6.07 Å². The molecule has 1 fully saturated rings. The fraction of sp³-hybridized carbons (Fsp3) is 0.350. The van der Waals surface area contributed by atoms with Crippen molar-refractivity contribution in [1.82, 2.24) is 25.1 Å². The summed E-state index contributed by atoms with van der Waals surface area (Å²) in [6.07, 6.45) is 3.02. The SMILES string of the molecule is C=C.CCC(C)C(=O)O.Nc1nc(-c2[nH]nc3ncc(F)cc23)nc(C2(N)CC2)c1F. The fourth-order valence-electron chi connectivity index (χ4n) is 2.50. The summed E-state index contributed by atoms with van der Waals surface area (Å²) >= 11 is 0. The van der Waals surface area contributed by atoms with Gasteiger partial charge < -0.3 is 16.6 Å². The van der Waals surface area contributed by atoms with Crippen molar-refractivity contribution >= 4 is 22.8 Å². The van der Waals surface area contributed by atoms with Crippen LogP contribution in [0.4, 0.5) is 14.6 Å². The Morgan fingerprint density at radius 2 is 2.00 bits per heavy atom. The first-order valence-electron chi connectivity index (χ1n) is 9.51. The lowest BCUT2D eigenvalue weighted by Crippen LogP contribution is -2.24. The van der Waals surface area contributed by atoms with Crippen LogP contribution in [0, 0.1) is 17.6 Å². The quantitative estimate of drug-likeness (QED) is 0.457. The minimum atomic E-state index is -0.810. The van der Waals surface area contributed by atoms with Crippen molar-refractivity contribution in [2.75, 3.05) is 5.73 Å². The molecule has 0 aliphatic heterocycles. The second-order valence-corrected chi connectivity index (χ2v) is 7.02. The Kier molecular flexibility index (Phi) is 7.34. The molecule has 3 aromatic heterocycles. The summed E-state index contributed by atoms with van der Waals surface area (Å²) in [4.78, 5) is 21.9. The van der Waals surface area contributed by atoms with Crippen LogP contribution in [0.25, 0.3) is 22.6 Å². The first kappa shape index (κ1) is 23.8. The third-order valence-electron chi connectivity index (χ3n) is 4.77. The van der Waals surface area contributed by atoms with Gasteiger partial charge in [-0.05, 0) is 25.3 Å². The number of aromatic nitrogens is 5. The van der Waals surface area contributed by atoms with Gasteiger partial charge in [0.2, 0.25) is 0 Å². The normalized spacial score (nSPS) is 14.6. The van der Waals surface area contributed by atoms with Crippen molar-refractivity contribution in [3.8, 4) is 11.5 Å². The molecule has 0 bridgehead atoms. The maximum Gasteiger partial charge on any atom is 0.306 e. The first-order valence-corrected chi connectivity index (χ1v) is 9.51. The highest BCUT2D eigenvalue weighted by atomic mass is 19.1. The molecule has 1 aliphatic rings. The molecule has 0 radical (unpaired) electrons. The molecular weight excluding hydrogens is 408 g/mol. The van der Waals surface area contributed by atoms with Crippen molar-refractivity contribution in [2.24, 2.45) is 11.7 Å². The molecule has 31 heavy (non-hydrogen) atoms. The molecule has 1 aliphatic carbocycles. The minimum Gasteiger partial charge on any atom is -0.481 e. The molecule has 0 spiro atoms. The molecule has 1 saturated carbocycles. The zero-order chi connectivity index (χ0) is 23.3. The van der Waals surface area contributed by atoms with Crippen molar-refractivity contribution in [2.45, 2.75) is 38.6 Å². The maximum absolute atomic E-state index is 14.1. The predicted molar refractivity (Wildman–Crippen MR) is 113 cm³/mol. The topological polar surface area (TPSA) is 157 Å². The van der Waals surface area contributed by atoms with Gasteiger partial charge in [0.05, 0.1) is 23.0 Å². The third-order valence-corrected chi connectivity index (χ3v) is 4.77. The molecule has 1 unspecified atom stereocenters. The molecule has 3 aromatic rings. The third kappa shape index (κ3) is 5.18. The molecule has 9 nitrogen and oxygen atoms in total. The predicted octanol–water partition coefficient (Wildman–Crippen LogP) is 3.14. The van der Waals surface area contributed by atoms with E-state index in [1.807, 2.05) is 6.92 Å². The summed E-state index contributed by atoms with van der Waals surface area (Å²) in [5, 5.41) is 15.2. The number of nitrogen functional groups attached to an aromatic ring is 1. The van der Waals surface area contributed by atoms with Crippen LogP contribution < -0.4 is 11.5 Å². The zero-order valence-electron chi connectivity index (χ0n) is 17.3. The van der Waals surface area contributed by atoms with Crippen molar-refractivity contribution < 1.29 is 18.7 Å². The number of halogens is 2. The number of carboxylic acids is 1. The first-order chi connectivity index (χ1) is 14.7. The average molecular weight is 433 g/mol. The van der Waals surface area contributed by atoms with Gasteiger partial charge in [0.1, 0.15) is 17.2 Å². The van der Waals surface area contributed by atoms with Gasteiger partial charge in [0.15, 0.2) is 23.1 Å². The van der Waals surface area contributed by atoms with Crippen LogP contribution >= 0.6 is 0 Å². The molecule has 3 heterocycles. The number of carbonyl (C=O) groups is 1. The highest BCUT2D eigenvalue weighted by molar-refractivity contribution is 5.88. The number of nitrogens with one attached hydrogen (secondary N) is 1. The van der Waals surface area contributed by atoms with Crippen LogP contribution in [-0.2, 0) is 10.3 Å². The number of pyridine rings is 1. The van der Waals surface area contributed by atoms with Gasteiger partial charge in [-0.1, -0.05) is 13.8 Å². The number of aliphatic carboxylic acids is 1. The Hall–Kier alpha value is -3.47. The summed E-state index contributed by atoms with van der Waals surface area (Å²) in [6, 6.07) is 1.25. The van der Waals surface area contributed by atoms with Crippen molar-refractivity contribution in [1.29, 1.82) is 0 Å². The lowest BCUT2D eigenvalue weighted by atomic mass is 10.1. The average Bonchev–Trinajstić information content (AvgIpc) is 3.37. The molecule has 6 N–H and O–H groups in total. The number of carboxylic acid groups (broad SMARTS) is 1. The van der Waals surface area contributed by atoms with E-state index in [-0.39, 0.29) is 23.3 Å². The van der Waals surface area contributed by atoms with Crippen LogP contribution in [0.15, 0.2) is 25.4 Å². The summed E-state index contributed by atoms with van der Waals surface area (Å²) in [6.45, 7) is 9.56. The smallest absolute Gasteiger partial charge is 0.306 e. The standard InChI is InChI=1S/C13H11F2N7.C5H10O2.C2H4/c14-5-3-6-8(21-22-11(6)18-4-5)12-19-9(13(17)1-2-13)7(15)10(16)20-12;1-3-4(2)5(6)7;1-2/h3-4H,1-2,17H2,(H2,16,19,20)(H,18,21,22);4H,3H2,1-2H3,(H,6,7);1-2H2. The molecular formula is C20H25F2N7O2. The Bertz CT molecular complexity index is 1080. The molecule has 0 saturated heterocycles. The van der Waals surface area contributed by atoms with E-state index >= 15 is 0 Å². The maximum atomic E-state index is 14.1. The van der Waals surface area contributed by atoms with E-state index in [0.717, 1.165) is 12.6 Å². The number of H-pyrrole nitrogens is 1. The van der Waals surface area contributed by atoms with E-state index < -0.39 is 23.1 Å². The fourth-order valence-corrected chi connectivity index (χ4v) is 2.50. The molecule has 4 rings (SSSR count). The summed E-state index contributed by atoms with van der Waals surface area (Å²) in [5.41, 5.74) is 11.5. The van der Waals surface area contributed by atoms with Gasteiger partial charge in [-0.25, -0.2) is 23.7 Å². The molecule has 1 atom stereocenters. The molecule has 0 amide bonds. The van der Waals surface area contributed by atoms with Gasteiger partial charge in [0.25, 0.3) is 0 Å². The highest BCUT2D eigenvalue weighted by Crippen LogP contribution is 2.44. The summed E-state index contributed by atoms with van der Waals surface area (Å²) < 4.78 is 27.5. The lowest BCUT2D eigenvalue weighted by Gasteiger charge is -2.11. The van der Waals surface area contributed by atoms with E-state index in [2.05, 4.69) is 38.3 Å². The van der Waals surface area contributed by atoms with Gasteiger partial charge in [0, 0.05) is 0 Å². The molecule has 0 aromatic carbocycles. The van der Waals surface area contributed by atoms with E-state index in [1.54, 1.807) is 6.92 Å². The van der Waals surface area contributed by atoms with Gasteiger partial charge in [-0.3, -0.25) is 9.89 Å². The monoisotopic (exact) mass is 433 g/mol. The minimum absolute atomic E-state index is 0.0714. The summed E-state index contributed by atoms with van der Waals surface area (Å²) in [7, 11) is 0. The summed E-state index contributed by atoms with van der Waals surface area (Å²) in [5.74, 6) is -2.31. The number of fused-ring (bicyclic) bond motifs is 1. The zero-order valence-corrected chi connectivity index (χ0v) is 17.3. The van der Waals surface area contributed by atoms with Crippen molar-refractivity contribution in [3.05, 3.63) is 42.7 Å². The van der Waals surface area contributed by atoms with Gasteiger partial charge in [-0.2, -0.15) is 5.10 Å². The number of hydrogen-bond acceptors (Lipinski definition) is 7. The number of nitrogens with zero attached hydrogens (tertiary/aromatic N) is 4. The highest BCUT2D eigenvalue weighted by Gasteiger charge is 2.44. The second-order valence-electron chi connectivity index (χ2n) is 7.02. The second kappa shape index (κ2) is 9.56. The van der Waals surface area contributed by atoms with Crippen LogP contribution in [0.3, 0.4) is 0 Å². The largest absolute Gasteiger partial charge is 0.481 e. The number of aromatic amines is 1. The Labute approximate surface area is 177 Å². The Balaban J connectivity index is 0.000000327. The van der Waals surface area contributed by atoms with Crippen LogP contribution in [-0.4, -0.2) is 36.2 Å². The number of anilines is 1. The Morgan fingerprint density at radius 1 is 1.35 bits per heavy atom. The van der Waals surface area contributed by atoms with Crippen LogP contribution in [0.1, 0.15) is 38.8 Å². The van der Waals surface area contributed by atoms with E-state index in [4.69, 9.17) is 16.6 Å². The van der Waals surface area contributed by atoms with E-state index in [0.29, 0.717) is 29.6 Å². The van der Waals surface area contributed by atoms with Crippen molar-refractivity contribution in [3.63, 3.8) is 0 Å². The van der Waals surface area contributed by atoms with Gasteiger partial charge >= 0.3 is 5.97 Å². The molecule has 11 heteroatoms. The van der Waals surface area contributed by atoms with Crippen LogP contribution in [0.2, 0.25) is 0 Å². The molecule has 166 valence electrons.